The van der Waals surface area contributed by atoms with Gasteiger partial charge in [0.15, 0.2) is 0 Å². The van der Waals surface area contributed by atoms with Gasteiger partial charge < -0.3 is 19.5 Å². The first-order chi connectivity index (χ1) is 15.4. The molecule has 0 spiro atoms. The predicted octanol–water partition coefficient (Wildman–Crippen LogP) is 5.95. The first-order valence-electron chi connectivity index (χ1n) is 11.0. The molecule has 6 nitrogen and oxygen atoms in total. The molecule has 0 saturated heterocycles. The van der Waals surface area contributed by atoms with Crippen molar-refractivity contribution in [3.05, 3.63) is 52.3 Å². The Morgan fingerprint density at radius 1 is 1.09 bits per heavy atom. The molecule has 33 heavy (non-hydrogen) atoms. The number of amides is 1. The Morgan fingerprint density at radius 3 is 2.33 bits per heavy atom. The summed E-state index contributed by atoms with van der Waals surface area (Å²) < 4.78 is 31.2. The van der Waals surface area contributed by atoms with Gasteiger partial charge in [-0.05, 0) is 94.5 Å². The van der Waals surface area contributed by atoms with Crippen molar-refractivity contribution < 1.29 is 28.2 Å². The van der Waals surface area contributed by atoms with Crippen molar-refractivity contribution in [3.8, 4) is 16.9 Å². The van der Waals surface area contributed by atoms with Crippen molar-refractivity contribution in [3.63, 3.8) is 0 Å². The third-order valence-electron chi connectivity index (χ3n) is 5.16. The maximum absolute atomic E-state index is 15.3. The van der Waals surface area contributed by atoms with Crippen molar-refractivity contribution in [2.24, 2.45) is 0 Å². The van der Waals surface area contributed by atoms with Crippen LogP contribution in [0.1, 0.15) is 62.4 Å². The molecule has 180 valence electrons. The third kappa shape index (κ3) is 6.70. The summed E-state index contributed by atoms with van der Waals surface area (Å²) >= 11 is 0. The Balaban J connectivity index is 2.60. The predicted molar refractivity (Wildman–Crippen MR) is 126 cm³/mol. The lowest BCUT2D eigenvalue weighted by atomic mass is 9.90. The van der Waals surface area contributed by atoms with Crippen LogP contribution in [-0.4, -0.2) is 31.4 Å². The number of aryl methyl sites for hydroxylation is 2. The lowest BCUT2D eigenvalue weighted by Gasteiger charge is -2.25. The highest BCUT2D eigenvalue weighted by Gasteiger charge is 2.27. The fourth-order valence-electron chi connectivity index (χ4n) is 3.76. The molecule has 0 fully saturated rings. The molecular weight excluding hydrogens is 425 g/mol. The molecule has 7 heteroatoms. The van der Waals surface area contributed by atoms with E-state index in [0.29, 0.717) is 11.3 Å². The smallest absolute Gasteiger partial charge is 0.408 e. The van der Waals surface area contributed by atoms with Crippen LogP contribution < -0.4 is 10.1 Å². The maximum Gasteiger partial charge on any atom is 0.408 e. The van der Waals surface area contributed by atoms with Crippen LogP contribution in [0.25, 0.3) is 11.1 Å². The normalized spacial score (nSPS) is 12.2. The monoisotopic (exact) mass is 459 g/mol. The lowest BCUT2D eigenvalue weighted by Crippen LogP contribution is -2.36. The maximum atomic E-state index is 15.3. The minimum atomic E-state index is -0.969. The van der Waals surface area contributed by atoms with Crippen molar-refractivity contribution >= 4 is 12.1 Å². The fourth-order valence-corrected chi connectivity index (χ4v) is 3.76. The second kappa shape index (κ2) is 10.7. The number of alkyl carbamates (subject to hydrolysis) is 1. The number of hydrogen-bond acceptors (Lipinski definition) is 5. The van der Waals surface area contributed by atoms with Gasteiger partial charge in [-0.3, -0.25) is 4.79 Å². The number of rotatable bonds is 7. The molecule has 0 bridgehead atoms. The molecular formula is C26H34FNO5. The van der Waals surface area contributed by atoms with Gasteiger partial charge in [-0.15, -0.1) is 0 Å². The van der Waals surface area contributed by atoms with Crippen LogP contribution in [0.3, 0.4) is 0 Å². The molecule has 2 aromatic rings. The van der Waals surface area contributed by atoms with Crippen LogP contribution >= 0.6 is 0 Å². The molecule has 0 radical (unpaired) electrons. The summed E-state index contributed by atoms with van der Waals surface area (Å²) in [6, 6.07) is 6.28. The average molecular weight is 460 g/mol. The van der Waals surface area contributed by atoms with Crippen LogP contribution in [-0.2, 0) is 14.3 Å². The molecule has 0 aromatic heterocycles. The van der Waals surface area contributed by atoms with Crippen LogP contribution in [0.5, 0.6) is 5.75 Å². The topological polar surface area (TPSA) is 73.9 Å². The van der Waals surface area contributed by atoms with Gasteiger partial charge in [-0.25, -0.2) is 9.18 Å². The number of carbonyl (C=O) groups is 2. The molecule has 0 saturated carbocycles. The van der Waals surface area contributed by atoms with Crippen molar-refractivity contribution in [2.75, 3.05) is 13.7 Å². The van der Waals surface area contributed by atoms with E-state index < -0.39 is 29.5 Å². The molecule has 1 N–H and O–H groups in total. The van der Waals surface area contributed by atoms with E-state index in [1.165, 1.54) is 0 Å². The summed E-state index contributed by atoms with van der Waals surface area (Å²) in [6.45, 7) is 12.6. The number of nitrogens with one attached hydrogen (secondary N) is 1. The number of esters is 1. The minimum absolute atomic E-state index is 0.182. The van der Waals surface area contributed by atoms with Crippen LogP contribution in [0.2, 0.25) is 0 Å². The molecule has 1 amide bonds. The Hall–Kier alpha value is -3.09. The van der Waals surface area contributed by atoms with Gasteiger partial charge in [0.1, 0.15) is 17.2 Å². The van der Waals surface area contributed by atoms with Crippen molar-refractivity contribution in [1.29, 1.82) is 0 Å². The largest absolute Gasteiger partial charge is 0.496 e. The molecule has 1 atom stereocenters. The van der Waals surface area contributed by atoms with Crippen molar-refractivity contribution in [2.45, 2.75) is 66.5 Å². The summed E-state index contributed by atoms with van der Waals surface area (Å²) in [5.41, 5.74) is 3.41. The third-order valence-corrected chi connectivity index (χ3v) is 5.16. The van der Waals surface area contributed by atoms with E-state index in [1.54, 1.807) is 53.9 Å². The Labute approximate surface area is 195 Å². The van der Waals surface area contributed by atoms with Gasteiger partial charge in [0.2, 0.25) is 0 Å². The van der Waals surface area contributed by atoms with Gasteiger partial charge in [-0.2, -0.15) is 0 Å². The minimum Gasteiger partial charge on any atom is -0.496 e. The lowest BCUT2D eigenvalue weighted by molar-refractivity contribution is -0.143. The Kier molecular flexibility index (Phi) is 8.47. The van der Waals surface area contributed by atoms with Crippen molar-refractivity contribution in [1.82, 2.24) is 5.32 Å². The molecule has 2 rings (SSSR count). The number of methoxy groups -OCH3 is 1. The van der Waals surface area contributed by atoms with E-state index in [4.69, 9.17) is 14.2 Å². The SMILES string of the molecule is CCOC(=O)C[C@H](NC(=O)OC(C)(C)C)c1cc(-c2c(C)ccc(OC)c2C)cc(C)c1F. The first-order valence-corrected chi connectivity index (χ1v) is 11.0. The highest BCUT2D eigenvalue weighted by molar-refractivity contribution is 5.76. The van der Waals surface area contributed by atoms with Gasteiger partial charge in [0.25, 0.3) is 0 Å². The summed E-state index contributed by atoms with van der Waals surface area (Å²) in [5, 5.41) is 2.65. The number of carbonyl (C=O) groups excluding carboxylic acids is 2. The zero-order chi connectivity index (χ0) is 24.9. The van der Waals surface area contributed by atoms with E-state index in [-0.39, 0.29) is 18.6 Å². The zero-order valence-electron chi connectivity index (χ0n) is 20.7. The molecule has 0 unspecified atom stereocenters. The average Bonchev–Trinajstić information content (AvgIpc) is 2.69. The second-order valence-electron chi connectivity index (χ2n) is 8.99. The number of ether oxygens (including phenoxy) is 3. The van der Waals surface area contributed by atoms with E-state index >= 15 is 4.39 Å². The molecule has 0 aliphatic heterocycles. The zero-order valence-corrected chi connectivity index (χ0v) is 20.7. The van der Waals surface area contributed by atoms with Gasteiger partial charge >= 0.3 is 12.1 Å². The molecule has 2 aromatic carbocycles. The molecule has 0 heterocycles. The van der Waals surface area contributed by atoms with Crippen LogP contribution in [0.15, 0.2) is 24.3 Å². The number of benzene rings is 2. The molecule has 0 aliphatic carbocycles. The highest BCUT2D eigenvalue weighted by Crippen LogP contribution is 2.36. The van der Waals surface area contributed by atoms with Crippen LogP contribution in [0, 0.1) is 26.6 Å². The standard InChI is InChI=1S/C26H34FNO5/c1-9-32-22(29)14-20(28-25(30)33-26(5,6)7)19-13-18(12-16(3)24(19)27)23-15(2)10-11-21(31-8)17(23)4/h10-13,20H,9,14H2,1-8H3,(H,28,30)/t20-/m0/s1. The second-order valence-corrected chi connectivity index (χ2v) is 8.99. The summed E-state index contributed by atoms with van der Waals surface area (Å²) in [7, 11) is 1.60. The Morgan fingerprint density at radius 2 is 1.76 bits per heavy atom. The van der Waals surface area contributed by atoms with Crippen LogP contribution in [0.4, 0.5) is 9.18 Å². The Bertz CT molecular complexity index is 1030. The summed E-state index contributed by atoms with van der Waals surface area (Å²) in [5.74, 6) is -0.328. The first kappa shape index (κ1) is 26.2. The number of halogens is 1. The summed E-state index contributed by atoms with van der Waals surface area (Å²) in [6.07, 6.45) is -0.976. The highest BCUT2D eigenvalue weighted by atomic mass is 19.1. The molecule has 0 aliphatic rings. The van der Waals surface area contributed by atoms with Gasteiger partial charge in [-0.1, -0.05) is 6.07 Å². The summed E-state index contributed by atoms with van der Waals surface area (Å²) in [4.78, 5) is 24.8. The van der Waals surface area contributed by atoms with E-state index in [1.807, 2.05) is 26.0 Å². The van der Waals surface area contributed by atoms with E-state index in [0.717, 1.165) is 22.3 Å². The number of hydrogen-bond donors (Lipinski definition) is 1. The van der Waals surface area contributed by atoms with E-state index in [2.05, 4.69) is 5.32 Å². The quantitative estimate of drug-likeness (QED) is 0.518. The fraction of sp³-hybridized carbons (Fsp3) is 0.462. The van der Waals surface area contributed by atoms with Gasteiger partial charge in [0, 0.05) is 5.56 Å². The van der Waals surface area contributed by atoms with Gasteiger partial charge in [0.05, 0.1) is 26.2 Å². The van der Waals surface area contributed by atoms with E-state index in [9.17, 15) is 9.59 Å².